The molecule has 0 radical (unpaired) electrons. The van der Waals surface area contributed by atoms with Gasteiger partial charge >= 0.3 is 0 Å². The minimum atomic E-state index is 0.127. The third kappa shape index (κ3) is 3.69. The molecule has 1 aliphatic heterocycles. The average Bonchev–Trinajstić information content (AvgIpc) is 3.10. The first-order valence-electron chi connectivity index (χ1n) is 8.35. The zero-order valence-electron chi connectivity index (χ0n) is 14.2. The second kappa shape index (κ2) is 7.38. The number of carbonyl (C=O) groups excluding carboxylic acids is 1. The molecule has 0 aromatic carbocycles. The molecule has 0 aliphatic carbocycles. The minimum Gasteiger partial charge on any atom is -0.349 e. The molecule has 6 heteroatoms. The van der Waals surface area contributed by atoms with Crippen molar-refractivity contribution in [2.75, 3.05) is 25.5 Å². The number of nitrogens with zero attached hydrogens (tertiary/aromatic N) is 5. The van der Waals surface area contributed by atoms with Crippen molar-refractivity contribution in [3.63, 3.8) is 0 Å². The Hall–Kier alpha value is -2.50. The lowest BCUT2D eigenvalue weighted by atomic mass is 10.1. The second-order valence-electron chi connectivity index (χ2n) is 6.24. The van der Waals surface area contributed by atoms with Crippen molar-refractivity contribution >= 4 is 11.9 Å². The average molecular weight is 325 g/mol. The predicted molar refractivity (Wildman–Crippen MR) is 92.6 cm³/mol. The van der Waals surface area contributed by atoms with Gasteiger partial charge in [-0.3, -0.25) is 9.78 Å². The van der Waals surface area contributed by atoms with Gasteiger partial charge in [0.1, 0.15) is 0 Å². The highest BCUT2D eigenvalue weighted by atomic mass is 16.2. The highest BCUT2D eigenvalue weighted by Crippen LogP contribution is 2.33. The molecule has 24 heavy (non-hydrogen) atoms. The molecule has 6 nitrogen and oxygen atoms in total. The maximum atomic E-state index is 11.8. The molecule has 1 fully saturated rings. The fourth-order valence-corrected chi connectivity index (χ4v) is 3.03. The summed E-state index contributed by atoms with van der Waals surface area (Å²) in [6.07, 6.45) is 6.85. The van der Waals surface area contributed by atoms with Gasteiger partial charge in [0.25, 0.3) is 0 Å². The van der Waals surface area contributed by atoms with Crippen molar-refractivity contribution in [3.8, 4) is 0 Å². The van der Waals surface area contributed by atoms with Gasteiger partial charge in [-0.2, -0.15) is 0 Å². The molecule has 1 aliphatic rings. The van der Waals surface area contributed by atoms with Crippen molar-refractivity contribution in [2.24, 2.45) is 0 Å². The normalized spacial score (nSPS) is 17.1. The van der Waals surface area contributed by atoms with Crippen LogP contribution < -0.4 is 4.90 Å². The van der Waals surface area contributed by atoms with Gasteiger partial charge in [0, 0.05) is 45.1 Å². The molecule has 3 rings (SSSR count). The van der Waals surface area contributed by atoms with E-state index in [0.29, 0.717) is 12.8 Å². The number of hydrogen-bond acceptors (Lipinski definition) is 5. The first-order chi connectivity index (χ1) is 11.6. The quantitative estimate of drug-likeness (QED) is 0.843. The van der Waals surface area contributed by atoms with Crippen LogP contribution in [0.3, 0.4) is 0 Å². The summed E-state index contributed by atoms with van der Waals surface area (Å²) in [6.45, 7) is 0.944. The molecule has 0 N–H and O–H groups in total. The zero-order chi connectivity index (χ0) is 16.9. The van der Waals surface area contributed by atoms with Crippen molar-refractivity contribution in [1.82, 2.24) is 19.9 Å². The second-order valence-corrected chi connectivity index (χ2v) is 6.24. The fraction of sp³-hybridized carbons (Fsp3) is 0.444. The lowest BCUT2D eigenvalue weighted by molar-refractivity contribution is -0.128. The number of aromatic nitrogens is 3. The summed E-state index contributed by atoms with van der Waals surface area (Å²) in [5.74, 6) is 0.886. The summed E-state index contributed by atoms with van der Waals surface area (Å²) in [5.41, 5.74) is 2.00. The Morgan fingerprint density at radius 1 is 1.25 bits per heavy atom. The van der Waals surface area contributed by atoms with Crippen molar-refractivity contribution < 1.29 is 4.79 Å². The molecule has 0 spiro atoms. The number of pyridine rings is 1. The third-order valence-electron chi connectivity index (χ3n) is 4.33. The van der Waals surface area contributed by atoms with E-state index in [1.807, 2.05) is 18.2 Å². The Bertz CT molecular complexity index is 689. The molecular weight excluding hydrogens is 302 g/mol. The largest absolute Gasteiger partial charge is 0.349 e. The molecule has 1 amide bonds. The molecule has 126 valence electrons. The van der Waals surface area contributed by atoms with Crippen LogP contribution in [0.25, 0.3) is 0 Å². The number of carbonyl (C=O) groups is 1. The van der Waals surface area contributed by atoms with Crippen LogP contribution in [0.15, 0.2) is 36.7 Å². The van der Waals surface area contributed by atoms with Gasteiger partial charge < -0.3 is 9.80 Å². The van der Waals surface area contributed by atoms with Crippen LogP contribution in [0.5, 0.6) is 0 Å². The van der Waals surface area contributed by atoms with Gasteiger partial charge in [0.05, 0.1) is 11.7 Å². The smallest absolute Gasteiger partial charge is 0.225 e. The molecule has 0 bridgehead atoms. The van der Waals surface area contributed by atoms with E-state index in [-0.39, 0.29) is 11.9 Å². The Morgan fingerprint density at radius 3 is 2.79 bits per heavy atom. The number of rotatable bonds is 5. The van der Waals surface area contributed by atoms with E-state index in [1.165, 1.54) is 0 Å². The molecule has 3 heterocycles. The Morgan fingerprint density at radius 2 is 2.04 bits per heavy atom. The monoisotopic (exact) mass is 325 g/mol. The summed E-state index contributed by atoms with van der Waals surface area (Å²) in [7, 11) is 3.56. The lowest BCUT2D eigenvalue weighted by Crippen LogP contribution is -2.25. The maximum absolute atomic E-state index is 11.8. The first kappa shape index (κ1) is 16.4. The Balaban J connectivity index is 1.74. The van der Waals surface area contributed by atoms with E-state index in [1.54, 1.807) is 31.4 Å². The summed E-state index contributed by atoms with van der Waals surface area (Å²) >= 11 is 0. The zero-order valence-corrected chi connectivity index (χ0v) is 14.2. The predicted octanol–water partition coefficient (Wildman–Crippen LogP) is 2.23. The third-order valence-corrected chi connectivity index (χ3v) is 4.33. The summed E-state index contributed by atoms with van der Waals surface area (Å²) < 4.78 is 0. The molecule has 0 unspecified atom stereocenters. The van der Waals surface area contributed by atoms with Crippen LogP contribution in [0.1, 0.15) is 36.7 Å². The van der Waals surface area contributed by atoms with Gasteiger partial charge in [-0.15, -0.1) is 0 Å². The van der Waals surface area contributed by atoms with Crippen LogP contribution in [0.2, 0.25) is 0 Å². The van der Waals surface area contributed by atoms with E-state index in [9.17, 15) is 4.79 Å². The number of hydrogen-bond donors (Lipinski definition) is 0. The Labute approximate surface area is 142 Å². The van der Waals surface area contributed by atoms with Gasteiger partial charge in [0.15, 0.2) is 0 Å². The maximum Gasteiger partial charge on any atom is 0.225 e. The van der Waals surface area contributed by atoms with Crippen molar-refractivity contribution in [1.29, 1.82) is 0 Å². The van der Waals surface area contributed by atoms with Gasteiger partial charge in [-0.05, 0) is 37.5 Å². The molecule has 1 atom stereocenters. The van der Waals surface area contributed by atoms with Crippen LogP contribution >= 0.6 is 0 Å². The fourth-order valence-electron chi connectivity index (χ4n) is 3.03. The van der Waals surface area contributed by atoms with Crippen LogP contribution in [-0.2, 0) is 11.2 Å². The van der Waals surface area contributed by atoms with E-state index < -0.39 is 0 Å². The van der Waals surface area contributed by atoms with E-state index in [4.69, 9.17) is 4.98 Å². The standard InChI is InChI=1S/C18H23N5O/c1-22(2)17(24)10-9-14-6-3-7-15(21-14)16-8-4-13-23(16)18-19-11-5-12-20-18/h3,5-7,11-12,16H,4,8-10,13H2,1-2H3/t16-/m1/s1. The van der Waals surface area contributed by atoms with E-state index in [2.05, 4.69) is 20.9 Å². The van der Waals surface area contributed by atoms with Crippen LogP contribution in [-0.4, -0.2) is 46.4 Å². The minimum absolute atomic E-state index is 0.127. The van der Waals surface area contributed by atoms with Gasteiger partial charge in [-0.25, -0.2) is 9.97 Å². The van der Waals surface area contributed by atoms with Gasteiger partial charge in [-0.1, -0.05) is 6.07 Å². The SMILES string of the molecule is CN(C)C(=O)CCc1cccc([C@H]2CCCN2c2ncccn2)n1. The molecule has 2 aromatic heterocycles. The van der Waals surface area contributed by atoms with Crippen LogP contribution in [0.4, 0.5) is 5.95 Å². The van der Waals surface area contributed by atoms with Gasteiger partial charge in [0.2, 0.25) is 11.9 Å². The topological polar surface area (TPSA) is 62.2 Å². The van der Waals surface area contributed by atoms with Crippen molar-refractivity contribution in [2.45, 2.75) is 31.7 Å². The van der Waals surface area contributed by atoms with Crippen LogP contribution in [0, 0.1) is 0 Å². The molecule has 2 aromatic rings. The van der Waals surface area contributed by atoms with E-state index >= 15 is 0 Å². The molecular formula is C18H23N5O. The number of anilines is 1. The number of amides is 1. The highest BCUT2D eigenvalue weighted by molar-refractivity contribution is 5.75. The highest BCUT2D eigenvalue weighted by Gasteiger charge is 2.29. The summed E-state index contributed by atoms with van der Waals surface area (Å²) in [5, 5.41) is 0. The van der Waals surface area contributed by atoms with E-state index in [0.717, 1.165) is 36.7 Å². The Kier molecular flexibility index (Phi) is 5.03. The first-order valence-corrected chi connectivity index (χ1v) is 8.35. The number of aryl methyl sites for hydroxylation is 1. The van der Waals surface area contributed by atoms with Crippen molar-refractivity contribution in [3.05, 3.63) is 48.0 Å². The summed E-state index contributed by atoms with van der Waals surface area (Å²) in [6, 6.07) is 8.11. The lowest BCUT2D eigenvalue weighted by Gasteiger charge is -2.24. The molecule has 1 saturated heterocycles. The molecule has 0 saturated carbocycles. The summed E-state index contributed by atoms with van der Waals surface area (Å²) in [4.78, 5) is 29.2.